The van der Waals surface area contributed by atoms with Gasteiger partial charge in [-0.2, -0.15) is 0 Å². The monoisotopic (exact) mass is 288 g/mol. The van der Waals surface area contributed by atoms with Crippen molar-refractivity contribution in [1.82, 2.24) is 0 Å². The molecule has 0 radical (unpaired) electrons. The molecule has 0 amide bonds. The fourth-order valence-electron chi connectivity index (χ4n) is 1.65. The summed E-state index contributed by atoms with van der Waals surface area (Å²) in [5.41, 5.74) is 1.04. The molecule has 0 aliphatic rings. The molecule has 0 fully saturated rings. The van der Waals surface area contributed by atoms with Gasteiger partial charge in [-0.1, -0.05) is 48.5 Å². The van der Waals surface area contributed by atoms with Crippen molar-refractivity contribution in [3.63, 3.8) is 0 Å². The zero-order valence-electron chi connectivity index (χ0n) is 11.7. The Kier molecular flexibility index (Phi) is 6.96. The molecule has 2 aromatic rings. The maximum Gasteiger partial charge on any atom is 1.00 e. The van der Waals surface area contributed by atoms with Crippen molar-refractivity contribution in [1.29, 1.82) is 0 Å². The molecule has 0 saturated carbocycles. The predicted molar refractivity (Wildman–Crippen MR) is 77.1 cm³/mol. The maximum atomic E-state index is 11.7. The van der Waals surface area contributed by atoms with Crippen molar-refractivity contribution in [3.05, 3.63) is 71.8 Å². The van der Waals surface area contributed by atoms with Crippen LogP contribution in [0.1, 0.15) is 11.1 Å². The minimum Gasteiger partial charge on any atom is -0.872 e. The molecule has 0 heterocycles. The van der Waals surface area contributed by atoms with Gasteiger partial charge in [0.05, 0.1) is 0 Å². The molecule has 2 rings (SSSR count). The second-order valence-electron chi connectivity index (χ2n) is 4.17. The van der Waals surface area contributed by atoms with Crippen molar-refractivity contribution in [3.8, 4) is 11.5 Å². The summed E-state index contributed by atoms with van der Waals surface area (Å²) in [5, 5.41) is 21.0. The van der Waals surface area contributed by atoms with E-state index in [1.165, 1.54) is 30.4 Å². The molecule has 0 aromatic heterocycles. The summed E-state index contributed by atoms with van der Waals surface area (Å²) in [6, 6.07) is 13.2. The van der Waals surface area contributed by atoms with Crippen LogP contribution in [0.4, 0.5) is 0 Å². The zero-order valence-corrected chi connectivity index (χ0v) is 13.7. The average molecular weight is 288 g/mol. The van der Waals surface area contributed by atoms with E-state index in [2.05, 4.69) is 0 Å². The number of allylic oxidation sites excluding steroid dienone is 2. The van der Waals surface area contributed by atoms with Gasteiger partial charge in [0.1, 0.15) is 5.75 Å². The first-order valence-corrected chi connectivity index (χ1v) is 6.11. The zero-order chi connectivity index (χ0) is 14.4. The molecule has 0 saturated heterocycles. The molecular formula is C17H13NaO3. The molecule has 3 nitrogen and oxygen atoms in total. The second kappa shape index (κ2) is 8.47. The third kappa shape index (κ3) is 5.23. The number of phenolic OH excluding ortho intramolecular Hbond substituents is 1. The van der Waals surface area contributed by atoms with Crippen LogP contribution in [0, 0.1) is 0 Å². The maximum absolute atomic E-state index is 11.7. The third-order valence-electron chi connectivity index (χ3n) is 2.71. The van der Waals surface area contributed by atoms with Gasteiger partial charge in [-0.15, -0.1) is 5.75 Å². The Labute approximate surface area is 145 Å². The minimum atomic E-state index is -0.253. The largest absolute Gasteiger partial charge is 1.00 e. The van der Waals surface area contributed by atoms with Crippen molar-refractivity contribution in [2.45, 2.75) is 0 Å². The van der Waals surface area contributed by atoms with E-state index in [4.69, 9.17) is 0 Å². The first-order chi connectivity index (χ1) is 9.66. The molecular weight excluding hydrogens is 275 g/mol. The summed E-state index contributed by atoms with van der Waals surface area (Å²) in [7, 11) is 0. The third-order valence-corrected chi connectivity index (χ3v) is 2.71. The first kappa shape index (κ1) is 17.2. The van der Waals surface area contributed by atoms with Gasteiger partial charge in [-0.25, -0.2) is 0 Å². The van der Waals surface area contributed by atoms with Crippen LogP contribution in [0.25, 0.3) is 12.2 Å². The van der Waals surface area contributed by atoms with Gasteiger partial charge in [-0.3, -0.25) is 4.79 Å². The van der Waals surface area contributed by atoms with Gasteiger partial charge in [0.15, 0.2) is 5.78 Å². The van der Waals surface area contributed by atoms with Crippen LogP contribution in [0.3, 0.4) is 0 Å². The SMILES string of the molecule is O=C(/C=C/c1ccccc1[O-])/C=C/c1ccccc1O.[Na+]. The molecule has 0 aliphatic carbocycles. The topological polar surface area (TPSA) is 60.4 Å². The number of rotatable bonds is 4. The molecule has 1 N–H and O–H groups in total. The van der Waals surface area contributed by atoms with Crippen LogP contribution >= 0.6 is 0 Å². The fourth-order valence-corrected chi connectivity index (χ4v) is 1.65. The molecule has 0 aliphatic heterocycles. The summed E-state index contributed by atoms with van der Waals surface area (Å²) in [6.45, 7) is 0. The van der Waals surface area contributed by atoms with Crippen LogP contribution in [-0.2, 0) is 4.79 Å². The molecule has 2 aromatic carbocycles. The second-order valence-corrected chi connectivity index (χ2v) is 4.17. The van der Waals surface area contributed by atoms with Crippen LogP contribution in [0.2, 0.25) is 0 Å². The average Bonchev–Trinajstić information content (AvgIpc) is 2.45. The Morgan fingerprint density at radius 1 is 0.905 bits per heavy atom. The summed E-state index contributed by atoms with van der Waals surface area (Å²) in [4.78, 5) is 11.7. The number of carbonyl (C=O) groups excluding carboxylic acids is 1. The van der Waals surface area contributed by atoms with Crippen molar-refractivity contribution < 1.29 is 44.6 Å². The molecule has 4 heteroatoms. The Hall–Kier alpha value is -1.81. The number of carbonyl (C=O) groups is 1. The number of benzene rings is 2. The Morgan fingerprint density at radius 2 is 1.43 bits per heavy atom. The minimum absolute atomic E-state index is 0. The van der Waals surface area contributed by atoms with Crippen LogP contribution in [0.15, 0.2) is 60.7 Å². The predicted octanol–water partition coefficient (Wildman–Crippen LogP) is -0.235. The van der Waals surface area contributed by atoms with Crippen LogP contribution in [-0.4, -0.2) is 10.9 Å². The number of hydrogen-bond acceptors (Lipinski definition) is 3. The molecule has 0 unspecified atom stereocenters. The van der Waals surface area contributed by atoms with Gasteiger partial charge in [0.2, 0.25) is 0 Å². The molecule has 21 heavy (non-hydrogen) atoms. The number of phenols is 1. The van der Waals surface area contributed by atoms with Crippen molar-refractivity contribution in [2.24, 2.45) is 0 Å². The van der Waals surface area contributed by atoms with Crippen LogP contribution < -0.4 is 34.7 Å². The van der Waals surface area contributed by atoms with Gasteiger partial charge in [-0.05, 0) is 29.9 Å². The Bertz CT molecular complexity index is 618. The Balaban J connectivity index is 0.00000220. The molecule has 0 bridgehead atoms. The van der Waals surface area contributed by atoms with E-state index in [0.29, 0.717) is 11.1 Å². The summed E-state index contributed by atoms with van der Waals surface area (Å²) in [5.74, 6) is -0.261. The van der Waals surface area contributed by atoms with Gasteiger partial charge in [0, 0.05) is 5.56 Å². The van der Waals surface area contributed by atoms with E-state index in [1.54, 1.807) is 42.5 Å². The summed E-state index contributed by atoms with van der Waals surface area (Å²) in [6.07, 6.45) is 5.69. The summed E-state index contributed by atoms with van der Waals surface area (Å²) >= 11 is 0. The number of aromatic hydroxyl groups is 1. The number of para-hydroxylation sites is 2. The standard InChI is InChI=1S/C17H14O3.Na/c18-15(11-9-13-5-1-3-7-16(13)19)12-10-14-6-2-4-8-17(14)20;/h1-12,19-20H;/q;+1/p-1/b11-9+,12-10+;. The van der Waals surface area contributed by atoms with Crippen molar-refractivity contribution in [2.75, 3.05) is 0 Å². The van der Waals surface area contributed by atoms with E-state index in [9.17, 15) is 15.0 Å². The van der Waals surface area contributed by atoms with E-state index in [-0.39, 0.29) is 46.8 Å². The number of ketones is 1. The molecule has 100 valence electrons. The van der Waals surface area contributed by atoms with E-state index < -0.39 is 0 Å². The molecule has 0 spiro atoms. The quantitative estimate of drug-likeness (QED) is 0.624. The number of hydrogen-bond donors (Lipinski definition) is 1. The van der Waals surface area contributed by atoms with Crippen LogP contribution in [0.5, 0.6) is 11.5 Å². The Morgan fingerprint density at radius 3 is 2.05 bits per heavy atom. The van der Waals surface area contributed by atoms with E-state index in [1.807, 2.05) is 0 Å². The molecule has 0 atom stereocenters. The fraction of sp³-hybridized carbons (Fsp3) is 0. The normalized spacial score (nSPS) is 10.7. The summed E-state index contributed by atoms with van der Waals surface area (Å²) < 4.78 is 0. The first-order valence-electron chi connectivity index (χ1n) is 6.11. The smallest absolute Gasteiger partial charge is 0.872 e. The van der Waals surface area contributed by atoms with Gasteiger partial charge in [0.25, 0.3) is 0 Å². The van der Waals surface area contributed by atoms with Crippen molar-refractivity contribution >= 4 is 17.9 Å². The van der Waals surface area contributed by atoms with E-state index in [0.717, 1.165) is 0 Å². The van der Waals surface area contributed by atoms with Gasteiger partial charge >= 0.3 is 29.6 Å². The van der Waals surface area contributed by atoms with Gasteiger partial charge < -0.3 is 10.2 Å². The van der Waals surface area contributed by atoms with E-state index >= 15 is 0 Å².